The molecule has 1 aliphatic heterocycles. The van der Waals surface area contributed by atoms with E-state index in [2.05, 4.69) is 10.3 Å². The number of hydrogen-bond acceptors (Lipinski definition) is 5. The Hall–Kier alpha value is -3.45. The van der Waals surface area contributed by atoms with Crippen LogP contribution in [-0.4, -0.2) is 40.0 Å². The SMILES string of the molecule is Cc1ccc(C=C2SC(=O)N(CCNC(=O)c3ccc4ccccc4n3)C2=O)cc1. The largest absolute Gasteiger partial charge is 0.349 e. The molecule has 0 saturated carbocycles. The molecule has 150 valence electrons. The standard InChI is InChI=1S/C23H19N3O3S/c1-15-6-8-16(9-7-15)14-20-22(28)26(23(29)30-20)13-12-24-21(27)19-11-10-17-4-2-3-5-18(17)25-19/h2-11,14H,12-13H2,1H3,(H,24,27). The highest BCUT2D eigenvalue weighted by Gasteiger charge is 2.34. The predicted octanol–water partition coefficient (Wildman–Crippen LogP) is 4.01. The summed E-state index contributed by atoms with van der Waals surface area (Å²) < 4.78 is 0. The first kappa shape index (κ1) is 19.8. The zero-order valence-electron chi connectivity index (χ0n) is 16.3. The van der Waals surface area contributed by atoms with Crippen molar-refractivity contribution in [2.45, 2.75) is 6.92 Å². The first-order valence-corrected chi connectivity index (χ1v) is 10.3. The smallest absolute Gasteiger partial charge is 0.293 e. The second-order valence-corrected chi connectivity index (χ2v) is 7.88. The zero-order valence-corrected chi connectivity index (χ0v) is 17.1. The van der Waals surface area contributed by atoms with Gasteiger partial charge in [-0.25, -0.2) is 4.98 Å². The van der Waals surface area contributed by atoms with E-state index in [4.69, 9.17) is 0 Å². The molecular weight excluding hydrogens is 398 g/mol. The monoisotopic (exact) mass is 417 g/mol. The third-order valence-electron chi connectivity index (χ3n) is 4.70. The van der Waals surface area contributed by atoms with E-state index in [-0.39, 0.29) is 30.1 Å². The fourth-order valence-electron chi connectivity index (χ4n) is 3.07. The van der Waals surface area contributed by atoms with Gasteiger partial charge in [0.25, 0.3) is 17.1 Å². The van der Waals surface area contributed by atoms with Crippen molar-refractivity contribution in [3.05, 3.63) is 82.4 Å². The number of para-hydroxylation sites is 1. The summed E-state index contributed by atoms with van der Waals surface area (Å²) in [5, 5.41) is 3.34. The van der Waals surface area contributed by atoms with Gasteiger partial charge < -0.3 is 5.32 Å². The molecule has 0 aliphatic carbocycles. The van der Waals surface area contributed by atoms with Crippen LogP contribution in [0.1, 0.15) is 21.6 Å². The van der Waals surface area contributed by atoms with Gasteiger partial charge in [-0.05, 0) is 42.5 Å². The van der Waals surface area contributed by atoms with Crippen molar-refractivity contribution >= 4 is 45.8 Å². The van der Waals surface area contributed by atoms with E-state index in [1.54, 1.807) is 12.1 Å². The maximum Gasteiger partial charge on any atom is 0.293 e. The minimum Gasteiger partial charge on any atom is -0.349 e. The van der Waals surface area contributed by atoms with Gasteiger partial charge in [0.1, 0.15) is 5.69 Å². The van der Waals surface area contributed by atoms with Crippen molar-refractivity contribution in [2.75, 3.05) is 13.1 Å². The third-order valence-corrected chi connectivity index (χ3v) is 5.61. The molecule has 30 heavy (non-hydrogen) atoms. The van der Waals surface area contributed by atoms with Crippen LogP contribution in [0.25, 0.3) is 17.0 Å². The molecule has 0 unspecified atom stereocenters. The molecule has 4 rings (SSSR count). The molecule has 0 radical (unpaired) electrons. The summed E-state index contributed by atoms with van der Waals surface area (Å²) in [6.45, 7) is 2.25. The topological polar surface area (TPSA) is 79.4 Å². The van der Waals surface area contributed by atoms with Gasteiger partial charge in [-0.1, -0.05) is 54.1 Å². The summed E-state index contributed by atoms with van der Waals surface area (Å²) in [6, 6.07) is 18.7. The number of carbonyl (C=O) groups excluding carboxylic acids is 3. The predicted molar refractivity (Wildman–Crippen MR) is 118 cm³/mol. The van der Waals surface area contributed by atoms with Gasteiger partial charge >= 0.3 is 0 Å². The lowest BCUT2D eigenvalue weighted by Crippen LogP contribution is -2.37. The molecule has 0 bridgehead atoms. The number of nitrogens with one attached hydrogen (secondary N) is 1. The van der Waals surface area contributed by atoms with Crippen LogP contribution in [0.4, 0.5) is 4.79 Å². The third kappa shape index (κ3) is 4.26. The van der Waals surface area contributed by atoms with Gasteiger partial charge in [0.15, 0.2) is 0 Å². The van der Waals surface area contributed by atoms with Crippen molar-refractivity contribution in [1.29, 1.82) is 0 Å². The van der Waals surface area contributed by atoms with Crippen LogP contribution < -0.4 is 5.32 Å². The van der Waals surface area contributed by atoms with Crippen molar-refractivity contribution in [3.63, 3.8) is 0 Å². The maximum atomic E-state index is 12.6. The number of nitrogens with zero attached hydrogens (tertiary/aromatic N) is 2. The first-order valence-electron chi connectivity index (χ1n) is 9.47. The molecule has 1 N–H and O–H groups in total. The van der Waals surface area contributed by atoms with Gasteiger partial charge in [0, 0.05) is 18.5 Å². The second-order valence-electron chi connectivity index (χ2n) is 6.89. The first-order chi connectivity index (χ1) is 14.5. The molecule has 1 aromatic heterocycles. The number of amides is 3. The number of aromatic nitrogens is 1. The summed E-state index contributed by atoms with van der Waals surface area (Å²) in [5.74, 6) is -0.688. The van der Waals surface area contributed by atoms with E-state index in [0.717, 1.165) is 38.7 Å². The summed E-state index contributed by atoms with van der Waals surface area (Å²) in [5.41, 5.74) is 3.01. The van der Waals surface area contributed by atoms with E-state index in [1.807, 2.05) is 61.5 Å². The summed E-state index contributed by atoms with van der Waals surface area (Å²) in [7, 11) is 0. The highest BCUT2D eigenvalue weighted by Crippen LogP contribution is 2.31. The Kier molecular flexibility index (Phi) is 5.63. The molecule has 3 amide bonds. The number of rotatable bonds is 5. The van der Waals surface area contributed by atoms with Crippen LogP contribution in [0.3, 0.4) is 0 Å². The van der Waals surface area contributed by atoms with Gasteiger partial charge in [-0.3, -0.25) is 19.3 Å². The molecule has 1 saturated heterocycles. The quantitative estimate of drug-likeness (QED) is 0.635. The number of imide groups is 1. The Balaban J connectivity index is 1.37. The Bertz CT molecular complexity index is 1170. The maximum absolute atomic E-state index is 12.6. The van der Waals surface area contributed by atoms with Gasteiger partial charge in [0.05, 0.1) is 10.4 Å². The van der Waals surface area contributed by atoms with E-state index in [9.17, 15) is 14.4 Å². The Morgan fingerprint density at radius 2 is 1.83 bits per heavy atom. The fourth-order valence-corrected chi connectivity index (χ4v) is 3.94. The molecule has 1 fully saturated rings. The minimum absolute atomic E-state index is 0.106. The van der Waals surface area contributed by atoms with Crippen LogP contribution >= 0.6 is 11.8 Å². The van der Waals surface area contributed by atoms with Gasteiger partial charge in [-0.15, -0.1) is 0 Å². The molecule has 1 aliphatic rings. The Labute approximate surface area is 178 Å². The summed E-state index contributed by atoms with van der Waals surface area (Å²) in [4.78, 5) is 43.1. The average Bonchev–Trinajstić information content (AvgIpc) is 3.02. The van der Waals surface area contributed by atoms with Crippen molar-refractivity contribution in [3.8, 4) is 0 Å². The van der Waals surface area contributed by atoms with Gasteiger partial charge in [-0.2, -0.15) is 0 Å². The fraction of sp³-hybridized carbons (Fsp3) is 0.130. The number of hydrogen-bond donors (Lipinski definition) is 1. The number of pyridine rings is 1. The number of fused-ring (bicyclic) bond motifs is 1. The van der Waals surface area contributed by atoms with Crippen LogP contribution in [0.5, 0.6) is 0 Å². The molecule has 6 nitrogen and oxygen atoms in total. The van der Waals surface area contributed by atoms with Crippen LogP contribution in [0, 0.1) is 6.92 Å². The van der Waals surface area contributed by atoms with Gasteiger partial charge in [0.2, 0.25) is 0 Å². The molecular formula is C23H19N3O3S. The molecule has 2 heterocycles. The average molecular weight is 417 g/mol. The number of thioether (sulfide) groups is 1. The van der Waals surface area contributed by atoms with Crippen molar-refractivity contribution in [1.82, 2.24) is 15.2 Å². The lowest BCUT2D eigenvalue weighted by atomic mass is 10.1. The van der Waals surface area contributed by atoms with E-state index in [0.29, 0.717) is 10.6 Å². The Morgan fingerprint density at radius 3 is 2.63 bits per heavy atom. The molecule has 3 aromatic rings. The lowest BCUT2D eigenvalue weighted by Gasteiger charge is -2.13. The lowest BCUT2D eigenvalue weighted by molar-refractivity contribution is -0.122. The molecule has 2 aromatic carbocycles. The molecule has 0 spiro atoms. The number of aryl methyl sites for hydroxylation is 1. The molecule has 7 heteroatoms. The summed E-state index contributed by atoms with van der Waals surface area (Å²) >= 11 is 0.911. The van der Waals surface area contributed by atoms with Crippen LogP contribution in [0.2, 0.25) is 0 Å². The zero-order chi connectivity index (χ0) is 21.1. The van der Waals surface area contributed by atoms with Crippen molar-refractivity contribution < 1.29 is 14.4 Å². The van der Waals surface area contributed by atoms with Crippen molar-refractivity contribution in [2.24, 2.45) is 0 Å². The number of benzene rings is 2. The highest BCUT2D eigenvalue weighted by atomic mass is 32.2. The van der Waals surface area contributed by atoms with E-state index in [1.165, 1.54) is 0 Å². The minimum atomic E-state index is -0.345. The Morgan fingerprint density at radius 1 is 1.07 bits per heavy atom. The number of carbonyl (C=O) groups is 3. The van der Waals surface area contributed by atoms with Crippen LogP contribution in [0.15, 0.2) is 65.6 Å². The summed E-state index contributed by atoms with van der Waals surface area (Å²) in [6.07, 6.45) is 1.71. The molecule has 0 atom stereocenters. The van der Waals surface area contributed by atoms with Crippen LogP contribution in [-0.2, 0) is 4.79 Å². The van der Waals surface area contributed by atoms with E-state index < -0.39 is 0 Å². The highest BCUT2D eigenvalue weighted by molar-refractivity contribution is 8.18. The normalized spacial score (nSPS) is 15.2. The second kappa shape index (κ2) is 8.51. The van der Waals surface area contributed by atoms with E-state index >= 15 is 0 Å².